The number of thioether (sulfide) groups is 1. The van der Waals surface area contributed by atoms with Gasteiger partial charge in [0.25, 0.3) is 5.91 Å². The number of benzene rings is 2. The first-order valence-corrected chi connectivity index (χ1v) is 11.8. The molecule has 2 heterocycles. The summed E-state index contributed by atoms with van der Waals surface area (Å²) in [7, 11) is 0. The Balaban J connectivity index is 1.48. The molecular formula is C25H23ClN4O3S. The molecular weight excluding hydrogens is 472 g/mol. The number of hydrogen-bond acceptors (Lipinski definition) is 6. The van der Waals surface area contributed by atoms with E-state index in [0.717, 1.165) is 22.0 Å². The number of pyridine rings is 1. The summed E-state index contributed by atoms with van der Waals surface area (Å²) in [6.07, 6.45) is 3.06. The molecule has 9 heteroatoms. The highest BCUT2D eigenvalue weighted by Crippen LogP contribution is 2.32. The number of hydrogen-bond donors (Lipinski definition) is 2. The number of ether oxygens (including phenoxy) is 1. The molecule has 34 heavy (non-hydrogen) atoms. The lowest BCUT2D eigenvalue weighted by atomic mass is 10.1. The molecule has 0 spiro atoms. The van der Waals surface area contributed by atoms with Crippen molar-refractivity contribution in [3.05, 3.63) is 75.8 Å². The van der Waals surface area contributed by atoms with Gasteiger partial charge in [-0.15, -0.1) is 0 Å². The van der Waals surface area contributed by atoms with Gasteiger partial charge in [0.15, 0.2) is 5.17 Å². The van der Waals surface area contributed by atoms with Gasteiger partial charge in [-0.3, -0.25) is 9.78 Å². The van der Waals surface area contributed by atoms with Crippen molar-refractivity contribution in [2.45, 2.75) is 32.9 Å². The van der Waals surface area contributed by atoms with Crippen LogP contribution in [0, 0.1) is 0 Å². The van der Waals surface area contributed by atoms with Crippen LogP contribution in [0.5, 0.6) is 0 Å². The average Bonchev–Trinajstić information content (AvgIpc) is 3.11. The van der Waals surface area contributed by atoms with Crippen LogP contribution in [0.15, 0.2) is 64.6 Å². The Hall–Kier alpha value is -3.36. The quantitative estimate of drug-likeness (QED) is 0.447. The van der Waals surface area contributed by atoms with Gasteiger partial charge in [-0.1, -0.05) is 29.8 Å². The number of amides is 2. The van der Waals surface area contributed by atoms with Crippen LogP contribution in [0.1, 0.15) is 31.9 Å². The molecule has 0 aliphatic carbocycles. The molecule has 1 aliphatic rings. The van der Waals surface area contributed by atoms with Crippen molar-refractivity contribution in [3.8, 4) is 0 Å². The SMILES string of the molecule is CC(C)(C)OC(=O)NCc1ccc(Cl)c(N=C2NC(=O)C(=Cc3ccc4ncccc4c3)S2)c1. The minimum Gasteiger partial charge on any atom is -0.444 e. The summed E-state index contributed by atoms with van der Waals surface area (Å²) in [5.74, 6) is -0.228. The standard InChI is InChI=1S/C25H23ClN4O3S/c1-25(2,3)33-24(32)28-14-16-6-8-18(26)20(12-16)29-23-30-22(31)21(34-23)13-15-7-9-19-17(11-15)5-4-10-27-19/h4-13H,14H2,1-3H3,(H,28,32)(H,29,30,31). The number of alkyl carbamates (subject to hydrolysis) is 1. The Labute approximate surface area is 206 Å². The summed E-state index contributed by atoms with van der Waals surface area (Å²) in [6, 6.07) is 14.9. The molecule has 0 bridgehead atoms. The number of nitrogens with one attached hydrogen (secondary N) is 2. The summed E-state index contributed by atoms with van der Waals surface area (Å²) >= 11 is 7.56. The molecule has 0 radical (unpaired) electrons. The van der Waals surface area contributed by atoms with E-state index in [1.54, 1.807) is 45.2 Å². The molecule has 1 saturated heterocycles. The second-order valence-electron chi connectivity index (χ2n) is 8.58. The Morgan fingerprint density at radius 3 is 2.85 bits per heavy atom. The average molecular weight is 495 g/mol. The minimum absolute atomic E-state index is 0.228. The molecule has 174 valence electrons. The van der Waals surface area contributed by atoms with Crippen LogP contribution in [0.3, 0.4) is 0 Å². The second kappa shape index (κ2) is 9.87. The van der Waals surface area contributed by atoms with Gasteiger partial charge in [0.1, 0.15) is 5.60 Å². The van der Waals surface area contributed by atoms with Crippen molar-refractivity contribution < 1.29 is 14.3 Å². The van der Waals surface area contributed by atoms with Crippen molar-refractivity contribution in [3.63, 3.8) is 0 Å². The smallest absolute Gasteiger partial charge is 0.407 e. The van der Waals surface area contributed by atoms with Gasteiger partial charge in [0, 0.05) is 18.1 Å². The number of carbonyl (C=O) groups is 2. The molecule has 4 rings (SSSR count). The van der Waals surface area contributed by atoms with Crippen LogP contribution in [0.4, 0.5) is 10.5 Å². The number of aromatic nitrogens is 1. The summed E-state index contributed by atoms with van der Waals surface area (Å²) in [6.45, 7) is 5.66. The summed E-state index contributed by atoms with van der Waals surface area (Å²) in [5, 5.41) is 7.35. The number of aliphatic imine (C=N–C) groups is 1. The van der Waals surface area contributed by atoms with E-state index in [0.29, 0.717) is 20.8 Å². The lowest BCUT2D eigenvalue weighted by Crippen LogP contribution is -2.32. The first-order valence-electron chi connectivity index (χ1n) is 10.6. The van der Waals surface area contributed by atoms with Crippen LogP contribution in [0.25, 0.3) is 17.0 Å². The van der Waals surface area contributed by atoms with Gasteiger partial charge in [0.05, 0.1) is 21.1 Å². The highest BCUT2D eigenvalue weighted by atomic mass is 35.5. The van der Waals surface area contributed by atoms with Gasteiger partial charge in [-0.05, 0) is 80.1 Å². The van der Waals surface area contributed by atoms with E-state index in [1.165, 1.54) is 11.8 Å². The maximum Gasteiger partial charge on any atom is 0.407 e. The lowest BCUT2D eigenvalue weighted by molar-refractivity contribution is -0.115. The van der Waals surface area contributed by atoms with E-state index in [1.807, 2.05) is 36.4 Å². The summed E-state index contributed by atoms with van der Waals surface area (Å²) in [5.41, 5.74) is 2.50. The van der Waals surface area contributed by atoms with Crippen LogP contribution in [-0.2, 0) is 16.1 Å². The predicted octanol–water partition coefficient (Wildman–Crippen LogP) is 5.80. The van der Waals surface area contributed by atoms with Gasteiger partial charge < -0.3 is 15.4 Å². The number of fused-ring (bicyclic) bond motifs is 1. The zero-order valence-corrected chi connectivity index (χ0v) is 20.5. The van der Waals surface area contributed by atoms with E-state index in [-0.39, 0.29) is 12.5 Å². The minimum atomic E-state index is -0.575. The fourth-order valence-corrected chi connectivity index (χ4v) is 4.16. The second-order valence-corrected chi connectivity index (χ2v) is 10.0. The van der Waals surface area contributed by atoms with Crippen LogP contribution >= 0.6 is 23.4 Å². The normalized spacial score (nSPS) is 16.2. The van der Waals surface area contributed by atoms with E-state index in [4.69, 9.17) is 16.3 Å². The third kappa shape index (κ3) is 6.15. The van der Waals surface area contributed by atoms with Gasteiger partial charge in [0.2, 0.25) is 0 Å². The van der Waals surface area contributed by atoms with E-state index in [9.17, 15) is 9.59 Å². The largest absolute Gasteiger partial charge is 0.444 e. The fourth-order valence-electron chi connectivity index (χ4n) is 3.17. The summed E-state index contributed by atoms with van der Waals surface area (Å²) in [4.78, 5) is 33.8. The van der Waals surface area contributed by atoms with E-state index in [2.05, 4.69) is 20.6 Å². The first-order chi connectivity index (χ1) is 16.2. The zero-order chi connectivity index (χ0) is 24.3. The molecule has 2 N–H and O–H groups in total. The Kier molecular flexibility index (Phi) is 6.90. The molecule has 1 fully saturated rings. The third-order valence-corrected chi connectivity index (χ3v) is 5.87. The fraction of sp³-hybridized carbons (Fsp3) is 0.200. The van der Waals surface area contributed by atoms with Gasteiger partial charge >= 0.3 is 6.09 Å². The van der Waals surface area contributed by atoms with E-state index < -0.39 is 11.7 Å². The molecule has 2 aromatic carbocycles. The summed E-state index contributed by atoms with van der Waals surface area (Å²) < 4.78 is 5.25. The van der Waals surface area contributed by atoms with Crippen LogP contribution < -0.4 is 10.6 Å². The molecule has 2 amide bonds. The molecule has 1 aliphatic heterocycles. The number of rotatable bonds is 4. The van der Waals surface area contributed by atoms with Crippen molar-refractivity contribution in [2.24, 2.45) is 4.99 Å². The Morgan fingerprint density at radius 2 is 2.06 bits per heavy atom. The monoisotopic (exact) mass is 494 g/mol. The van der Waals surface area contributed by atoms with Crippen molar-refractivity contribution >= 4 is 63.2 Å². The zero-order valence-electron chi connectivity index (χ0n) is 18.9. The van der Waals surface area contributed by atoms with Crippen LogP contribution in [0.2, 0.25) is 5.02 Å². The number of carbonyl (C=O) groups excluding carboxylic acids is 2. The van der Waals surface area contributed by atoms with Crippen molar-refractivity contribution in [1.29, 1.82) is 0 Å². The first kappa shape index (κ1) is 23.8. The maximum atomic E-state index is 12.5. The highest BCUT2D eigenvalue weighted by Gasteiger charge is 2.24. The Morgan fingerprint density at radius 1 is 1.24 bits per heavy atom. The molecule has 0 saturated carbocycles. The highest BCUT2D eigenvalue weighted by molar-refractivity contribution is 8.18. The van der Waals surface area contributed by atoms with Crippen LogP contribution in [-0.4, -0.2) is 27.8 Å². The van der Waals surface area contributed by atoms with Crippen molar-refractivity contribution in [1.82, 2.24) is 15.6 Å². The maximum absolute atomic E-state index is 12.5. The Bertz CT molecular complexity index is 1330. The van der Waals surface area contributed by atoms with Gasteiger partial charge in [-0.2, -0.15) is 0 Å². The van der Waals surface area contributed by atoms with E-state index >= 15 is 0 Å². The van der Waals surface area contributed by atoms with Crippen molar-refractivity contribution in [2.75, 3.05) is 0 Å². The number of nitrogens with zero attached hydrogens (tertiary/aromatic N) is 2. The van der Waals surface area contributed by atoms with Gasteiger partial charge in [-0.25, -0.2) is 9.79 Å². The third-order valence-electron chi connectivity index (χ3n) is 4.64. The molecule has 3 aromatic rings. The number of halogens is 1. The number of amidine groups is 1. The molecule has 1 aromatic heterocycles. The topological polar surface area (TPSA) is 92.7 Å². The molecule has 0 unspecified atom stereocenters. The molecule has 0 atom stereocenters. The lowest BCUT2D eigenvalue weighted by Gasteiger charge is -2.19. The predicted molar refractivity (Wildman–Crippen MR) is 137 cm³/mol. The molecule has 7 nitrogen and oxygen atoms in total.